The highest BCUT2D eigenvalue weighted by Crippen LogP contribution is 2.20. The maximum absolute atomic E-state index is 5.88. The molecule has 0 radical (unpaired) electrons. The van der Waals surface area contributed by atoms with Gasteiger partial charge in [-0.25, -0.2) is 4.63 Å². The number of benzene rings is 1. The molecule has 0 N–H and O–H groups in total. The molecular weight excluding hydrogens is 254 g/mol. The minimum atomic E-state index is 0.373. The summed E-state index contributed by atoms with van der Waals surface area (Å²) in [5, 5.41) is 7.91. The van der Waals surface area contributed by atoms with Gasteiger partial charge in [0.2, 0.25) is 0 Å². The molecule has 0 bridgehead atoms. The standard InChI is InChI=1S/C15H21N3O2/c1-2-9-19-13-6-4-8-18(11-13)10-12-5-3-7-14-15(12)17-20-16-14/h3,5,7,13H,2,4,6,8-11H2,1H3/t13-/m1/s1. The van der Waals surface area contributed by atoms with Crippen LogP contribution in [0, 0.1) is 0 Å². The second-order valence-corrected chi connectivity index (χ2v) is 5.42. The molecular formula is C15H21N3O2. The number of likely N-dealkylation sites (tertiary alicyclic amines) is 1. The molecule has 3 rings (SSSR count). The molecule has 5 nitrogen and oxygen atoms in total. The van der Waals surface area contributed by atoms with Crippen LogP contribution in [-0.4, -0.2) is 41.0 Å². The van der Waals surface area contributed by atoms with Crippen molar-refractivity contribution in [3.63, 3.8) is 0 Å². The lowest BCUT2D eigenvalue weighted by atomic mass is 10.1. The van der Waals surface area contributed by atoms with Gasteiger partial charge >= 0.3 is 0 Å². The Balaban J connectivity index is 1.66. The molecule has 1 aromatic carbocycles. The molecule has 0 amide bonds. The van der Waals surface area contributed by atoms with E-state index in [1.807, 2.05) is 12.1 Å². The molecule has 0 unspecified atom stereocenters. The summed E-state index contributed by atoms with van der Waals surface area (Å²) in [5.74, 6) is 0. The molecule has 2 aromatic rings. The Hall–Kier alpha value is -1.46. The molecule has 1 aliphatic rings. The topological polar surface area (TPSA) is 51.4 Å². The van der Waals surface area contributed by atoms with Gasteiger partial charge < -0.3 is 4.74 Å². The number of piperidine rings is 1. The summed E-state index contributed by atoms with van der Waals surface area (Å²) >= 11 is 0. The van der Waals surface area contributed by atoms with Gasteiger partial charge in [-0.1, -0.05) is 19.1 Å². The first-order chi connectivity index (χ1) is 9.86. The monoisotopic (exact) mass is 275 g/mol. The fourth-order valence-corrected chi connectivity index (χ4v) is 2.81. The van der Waals surface area contributed by atoms with E-state index in [4.69, 9.17) is 9.37 Å². The SMILES string of the molecule is CCCO[C@@H]1CCCN(Cc2cccc3nonc23)C1. The molecule has 1 aliphatic heterocycles. The van der Waals surface area contributed by atoms with Crippen LogP contribution in [0.2, 0.25) is 0 Å². The zero-order valence-electron chi connectivity index (χ0n) is 11.9. The van der Waals surface area contributed by atoms with Crippen molar-refractivity contribution >= 4 is 11.0 Å². The summed E-state index contributed by atoms with van der Waals surface area (Å²) in [6.45, 7) is 6.02. The van der Waals surface area contributed by atoms with Crippen molar-refractivity contribution in [1.82, 2.24) is 15.2 Å². The Kier molecular flexibility index (Phi) is 4.28. The predicted molar refractivity (Wildman–Crippen MR) is 76.3 cm³/mol. The highest BCUT2D eigenvalue weighted by molar-refractivity contribution is 5.76. The van der Waals surface area contributed by atoms with Crippen molar-refractivity contribution in [3.8, 4) is 0 Å². The predicted octanol–water partition coefficient (Wildman–Crippen LogP) is 2.61. The summed E-state index contributed by atoms with van der Waals surface area (Å²) < 4.78 is 10.7. The normalized spacial score (nSPS) is 20.6. The molecule has 1 atom stereocenters. The summed E-state index contributed by atoms with van der Waals surface area (Å²) in [7, 11) is 0. The molecule has 20 heavy (non-hydrogen) atoms. The summed E-state index contributed by atoms with van der Waals surface area (Å²) in [6.07, 6.45) is 3.83. The van der Waals surface area contributed by atoms with Gasteiger partial charge in [0.1, 0.15) is 11.0 Å². The van der Waals surface area contributed by atoms with Crippen LogP contribution in [0.5, 0.6) is 0 Å². The number of hydrogen-bond donors (Lipinski definition) is 0. The number of nitrogens with zero attached hydrogens (tertiary/aromatic N) is 3. The van der Waals surface area contributed by atoms with E-state index in [9.17, 15) is 0 Å². The molecule has 1 aromatic heterocycles. The van der Waals surface area contributed by atoms with Crippen LogP contribution in [0.4, 0.5) is 0 Å². The zero-order chi connectivity index (χ0) is 13.8. The van der Waals surface area contributed by atoms with E-state index in [-0.39, 0.29) is 0 Å². The van der Waals surface area contributed by atoms with E-state index >= 15 is 0 Å². The maximum atomic E-state index is 5.88. The molecule has 2 heterocycles. The van der Waals surface area contributed by atoms with E-state index in [0.29, 0.717) is 6.10 Å². The number of ether oxygens (including phenoxy) is 1. The van der Waals surface area contributed by atoms with Gasteiger partial charge in [0, 0.05) is 19.7 Å². The van der Waals surface area contributed by atoms with E-state index < -0.39 is 0 Å². The Bertz CT molecular complexity index is 555. The number of aromatic nitrogens is 2. The molecule has 1 saturated heterocycles. The Morgan fingerprint density at radius 2 is 2.35 bits per heavy atom. The van der Waals surface area contributed by atoms with Crippen molar-refractivity contribution in [2.24, 2.45) is 0 Å². The maximum Gasteiger partial charge on any atom is 0.139 e. The fourth-order valence-electron chi connectivity index (χ4n) is 2.81. The fraction of sp³-hybridized carbons (Fsp3) is 0.600. The Morgan fingerprint density at radius 3 is 3.25 bits per heavy atom. The summed E-state index contributed by atoms with van der Waals surface area (Å²) in [6, 6.07) is 6.04. The molecule has 0 spiro atoms. The lowest BCUT2D eigenvalue weighted by molar-refractivity contribution is -0.00214. The van der Waals surface area contributed by atoms with Crippen LogP contribution in [0.15, 0.2) is 22.8 Å². The summed E-state index contributed by atoms with van der Waals surface area (Å²) in [5.41, 5.74) is 2.89. The molecule has 0 saturated carbocycles. The van der Waals surface area contributed by atoms with Crippen molar-refractivity contribution in [1.29, 1.82) is 0 Å². The van der Waals surface area contributed by atoms with Crippen molar-refractivity contribution in [3.05, 3.63) is 23.8 Å². The van der Waals surface area contributed by atoms with Crippen LogP contribution >= 0.6 is 0 Å². The average molecular weight is 275 g/mol. The molecule has 1 fully saturated rings. The highest BCUT2D eigenvalue weighted by atomic mass is 16.6. The second kappa shape index (κ2) is 6.33. The third-order valence-corrected chi connectivity index (χ3v) is 3.78. The lowest BCUT2D eigenvalue weighted by Crippen LogP contribution is -2.39. The van der Waals surface area contributed by atoms with Crippen LogP contribution in [-0.2, 0) is 11.3 Å². The van der Waals surface area contributed by atoms with E-state index in [0.717, 1.165) is 43.7 Å². The smallest absolute Gasteiger partial charge is 0.139 e. The quantitative estimate of drug-likeness (QED) is 0.839. The molecule has 0 aliphatic carbocycles. The Labute approximate surface area is 118 Å². The van der Waals surface area contributed by atoms with Gasteiger partial charge in [0.25, 0.3) is 0 Å². The van der Waals surface area contributed by atoms with Crippen LogP contribution in [0.1, 0.15) is 31.7 Å². The Morgan fingerprint density at radius 1 is 1.40 bits per heavy atom. The number of rotatable bonds is 5. The van der Waals surface area contributed by atoms with Gasteiger partial charge in [0.15, 0.2) is 0 Å². The van der Waals surface area contributed by atoms with Crippen LogP contribution in [0.25, 0.3) is 11.0 Å². The van der Waals surface area contributed by atoms with E-state index in [2.05, 4.69) is 28.2 Å². The van der Waals surface area contributed by atoms with Gasteiger partial charge in [-0.05, 0) is 47.8 Å². The average Bonchev–Trinajstić information content (AvgIpc) is 2.95. The first-order valence-corrected chi connectivity index (χ1v) is 7.41. The van der Waals surface area contributed by atoms with Gasteiger partial charge in [-0.2, -0.15) is 0 Å². The first kappa shape index (κ1) is 13.5. The lowest BCUT2D eigenvalue weighted by Gasteiger charge is -2.32. The zero-order valence-corrected chi connectivity index (χ0v) is 11.9. The highest BCUT2D eigenvalue weighted by Gasteiger charge is 2.21. The largest absolute Gasteiger partial charge is 0.377 e. The van der Waals surface area contributed by atoms with Gasteiger partial charge in [-0.3, -0.25) is 4.90 Å². The van der Waals surface area contributed by atoms with Gasteiger partial charge in [-0.15, -0.1) is 0 Å². The third-order valence-electron chi connectivity index (χ3n) is 3.78. The van der Waals surface area contributed by atoms with Crippen molar-refractivity contribution in [2.45, 2.75) is 38.8 Å². The van der Waals surface area contributed by atoms with E-state index in [1.165, 1.54) is 18.4 Å². The van der Waals surface area contributed by atoms with E-state index in [1.54, 1.807) is 0 Å². The number of hydrogen-bond acceptors (Lipinski definition) is 5. The van der Waals surface area contributed by atoms with Crippen LogP contribution < -0.4 is 0 Å². The number of fused-ring (bicyclic) bond motifs is 1. The summed E-state index contributed by atoms with van der Waals surface area (Å²) in [4.78, 5) is 2.44. The van der Waals surface area contributed by atoms with Crippen molar-refractivity contribution in [2.75, 3.05) is 19.7 Å². The molecule has 108 valence electrons. The van der Waals surface area contributed by atoms with Crippen molar-refractivity contribution < 1.29 is 9.37 Å². The van der Waals surface area contributed by atoms with Crippen LogP contribution in [0.3, 0.4) is 0 Å². The second-order valence-electron chi connectivity index (χ2n) is 5.42. The minimum Gasteiger partial charge on any atom is -0.377 e. The molecule has 5 heteroatoms. The third kappa shape index (κ3) is 2.99. The first-order valence-electron chi connectivity index (χ1n) is 7.41. The minimum absolute atomic E-state index is 0.373. The van der Waals surface area contributed by atoms with Gasteiger partial charge in [0.05, 0.1) is 6.10 Å².